The van der Waals surface area contributed by atoms with Crippen LogP contribution >= 0.6 is 0 Å². The Kier molecular flexibility index (Phi) is 7.57. The van der Waals surface area contributed by atoms with E-state index in [4.69, 9.17) is 4.74 Å². The predicted octanol–water partition coefficient (Wildman–Crippen LogP) is 4.54. The van der Waals surface area contributed by atoms with Gasteiger partial charge in [-0.1, -0.05) is 32.0 Å². The van der Waals surface area contributed by atoms with E-state index in [-0.39, 0.29) is 36.6 Å². The molecule has 2 bridgehead atoms. The van der Waals surface area contributed by atoms with Crippen molar-refractivity contribution in [2.45, 2.75) is 63.5 Å². The van der Waals surface area contributed by atoms with E-state index >= 15 is 0 Å². The van der Waals surface area contributed by atoms with E-state index in [2.05, 4.69) is 19.2 Å². The third-order valence-corrected chi connectivity index (χ3v) is 10.4. The normalized spacial score (nSPS) is 30.2. The zero-order valence-electron chi connectivity index (χ0n) is 24.2. The number of halogens is 3. The summed E-state index contributed by atoms with van der Waals surface area (Å²) in [6.45, 7) is 4.54. The van der Waals surface area contributed by atoms with Crippen molar-refractivity contribution in [2.75, 3.05) is 19.7 Å². The number of hydrogen-bond donors (Lipinski definition) is 3. The number of alkyl halides is 3. The molecule has 7 unspecified atom stereocenters. The minimum Gasteiger partial charge on any atom is -0.486 e. The number of fused-ring (bicyclic) bond motifs is 5. The van der Waals surface area contributed by atoms with E-state index in [0.717, 1.165) is 37.0 Å². The van der Waals surface area contributed by atoms with Crippen molar-refractivity contribution in [1.29, 1.82) is 0 Å². The van der Waals surface area contributed by atoms with Gasteiger partial charge >= 0.3 is 6.18 Å². The Labute approximate surface area is 248 Å². The number of aliphatic hydroxyl groups is 2. The Hall–Kier alpha value is -3.37. The molecule has 0 radical (unpaired) electrons. The lowest BCUT2D eigenvalue weighted by molar-refractivity contribution is -0.137. The standard InChI is InChI=1S/C33H37F3N2O5/c1-32(2)21-12-9-19(24(32)15-21)17-38(31(42)18-7-10-20(11-8-18)33(34,35)36)25-16-23(30(41)37-13-14-39)27-22-5-3-4-6-26(22)43-29(27)28(25)40/h3-8,10-11,16,19,21,24-25,27-29,39-40H,9,12-15,17H2,1-2H3,(H,37,41). The lowest BCUT2D eigenvalue weighted by atomic mass is 9.45. The number of benzene rings is 2. The van der Waals surface area contributed by atoms with Gasteiger partial charge in [-0.05, 0) is 78.8 Å². The first-order chi connectivity index (χ1) is 20.4. The number of carbonyl (C=O) groups excluding carboxylic acids is 2. The fourth-order valence-electron chi connectivity index (χ4n) is 7.93. The zero-order valence-corrected chi connectivity index (χ0v) is 24.2. The molecule has 230 valence electrons. The second-order valence-electron chi connectivity index (χ2n) is 12.9. The second kappa shape index (κ2) is 11.0. The third kappa shape index (κ3) is 5.12. The highest BCUT2D eigenvalue weighted by Gasteiger charge is 2.56. The molecule has 10 heteroatoms. The van der Waals surface area contributed by atoms with Crippen LogP contribution in [0.2, 0.25) is 0 Å². The van der Waals surface area contributed by atoms with Gasteiger partial charge in [-0.15, -0.1) is 0 Å². The van der Waals surface area contributed by atoms with Crippen LogP contribution in [-0.2, 0) is 11.0 Å². The van der Waals surface area contributed by atoms with Gasteiger partial charge in [-0.3, -0.25) is 9.59 Å². The summed E-state index contributed by atoms with van der Waals surface area (Å²) in [4.78, 5) is 29.2. The molecule has 3 saturated carbocycles. The molecule has 7 rings (SSSR count). The lowest BCUT2D eigenvalue weighted by Crippen LogP contribution is -2.59. The van der Waals surface area contributed by atoms with E-state index in [0.29, 0.717) is 23.2 Å². The molecule has 2 amide bonds. The van der Waals surface area contributed by atoms with Crippen molar-refractivity contribution in [3.63, 3.8) is 0 Å². The minimum absolute atomic E-state index is 0.0253. The molecule has 3 N–H and O–H groups in total. The Bertz CT molecular complexity index is 1420. The van der Waals surface area contributed by atoms with Gasteiger partial charge in [0.15, 0.2) is 0 Å². The lowest BCUT2D eigenvalue weighted by Gasteiger charge is -2.61. The van der Waals surface area contributed by atoms with Gasteiger partial charge in [0, 0.05) is 29.8 Å². The highest BCUT2D eigenvalue weighted by molar-refractivity contribution is 5.97. The highest BCUT2D eigenvalue weighted by Crippen LogP contribution is 2.61. The number of nitrogens with zero attached hydrogens (tertiary/aromatic N) is 1. The molecule has 2 aromatic carbocycles. The Morgan fingerprint density at radius 1 is 1.09 bits per heavy atom. The number of para-hydroxylation sites is 1. The average Bonchev–Trinajstić information content (AvgIpc) is 3.39. The van der Waals surface area contributed by atoms with Gasteiger partial charge in [0.05, 0.1) is 24.1 Å². The van der Waals surface area contributed by atoms with Gasteiger partial charge in [0.2, 0.25) is 5.91 Å². The first kappa shape index (κ1) is 29.7. The van der Waals surface area contributed by atoms with Crippen LogP contribution in [0.1, 0.15) is 60.5 Å². The summed E-state index contributed by atoms with van der Waals surface area (Å²) < 4.78 is 46.1. The monoisotopic (exact) mass is 598 g/mol. The number of nitrogens with one attached hydrogen (secondary N) is 1. The molecule has 5 aliphatic rings. The largest absolute Gasteiger partial charge is 0.486 e. The molecule has 43 heavy (non-hydrogen) atoms. The maximum atomic E-state index is 14.2. The summed E-state index contributed by atoms with van der Waals surface area (Å²) in [5.74, 6) is 0.108. The van der Waals surface area contributed by atoms with Crippen LogP contribution in [0.4, 0.5) is 13.2 Å². The first-order valence-electron chi connectivity index (χ1n) is 14.9. The maximum absolute atomic E-state index is 14.2. The minimum atomic E-state index is -4.54. The maximum Gasteiger partial charge on any atom is 0.416 e. The number of rotatable bonds is 7. The van der Waals surface area contributed by atoms with Crippen molar-refractivity contribution in [3.05, 3.63) is 76.9 Å². The molecule has 0 aromatic heterocycles. The van der Waals surface area contributed by atoms with Gasteiger partial charge < -0.3 is 25.2 Å². The van der Waals surface area contributed by atoms with Crippen LogP contribution in [-0.4, -0.2) is 64.9 Å². The van der Waals surface area contributed by atoms with E-state index in [1.165, 1.54) is 17.0 Å². The predicted molar refractivity (Wildman–Crippen MR) is 152 cm³/mol. The second-order valence-corrected chi connectivity index (χ2v) is 12.9. The topological polar surface area (TPSA) is 99.1 Å². The van der Waals surface area contributed by atoms with Gasteiger partial charge in [-0.25, -0.2) is 0 Å². The van der Waals surface area contributed by atoms with Crippen molar-refractivity contribution >= 4 is 11.8 Å². The average molecular weight is 599 g/mol. The van der Waals surface area contributed by atoms with Gasteiger partial charge in [0.25, 0.3) is 5.91 Å². The summed E-state index contributed by atoms with van der Waals surface area (Å²) >= 11 is 0. The summed E-state index contributed by atoms with van der Waals surface area (Å²) in [6, 6.07) is 10.4. The highest BCUT2D eigenvalue weighted by atomic mass is 19.4. The van der Waals surface area contributed by atoms with Crippen molar-refractivity contribution in [1.82, 2.24) is 10.2 Å². The molecule has 2 aromatic rings. The SMILES string of the molecule is CC1(C)C2CCC(CN(C(=O)c3ccc(C(F)(F)F)cc3)C3C=C(C(=O)NCCO)C4c5ccccc5OC4C3O)C1C2. The van der Waals surface area contributed by atoms with E-state index in [1.54, 1.807) is 18.2 Å². The van der Waals surface area contributed by atoms with Crippen molar-refractivity contribution < 1.29 is 37.7 Å². The van der Waals surface area contributed by atoms with Crippen LogP contribution in [0.5, 0.6) is 5.75 Å². The van der Waals surface area contributed by atoms with Crippen molar-refractivity contribution in [3.8, 4) is 5.75 Å². The molecule has 7 nitrogen and oxygen atoms in total. The first-order valence-corrected chi connectivity index (χ1v) is 14.9. The van der Waals surface area contributed by atoms with Crippen LogP contribution in [0.15, 0.2) is 60.2 Å². The Morgan fingerprint density at radius 3 is 2.47 bits per heavy atom. The number of hydrogen-bond acceptors (Lipinski definition) is 5. The summed E-state index contributed by atoms with van der Waals surface area (Å²) in [6.07, 6.45) is -2.02. The zero-order chi connectivity index (χ0) is 30.7. The number of carbonyl (C=O) groups is 2. The Balaban J connectivity index is 1.40. The molecule has 1 heterocycles. The quantitative estimate of drug-likeness (QED) is 0.435. The van der Waals surface area contributed by atoms with Crippen LogP contribution in [0, 0.1) is 23.2 Å². The summed E-state index contributed by atoms with van der Waals surface area (Å²) in [5.41, 5.74) is 0.385. The Morgan fingerprint density at radius 2 is 1.81 bits per heavy atom. The van der Waals surface area contributed by atoms with Gasteiger partial charge in [0.1, 0.15) is 18.0 Å². The van der Waals surface area contributed by atoms with Gasteiger partial charge in [-0.2, -0.15) is 13.2 Å². The van der Waals surface area contributed by atoms with Crippen LogP contribution < -0.4 is 10.1 Å². The molecule has 7 atom stereocenters. The van der Waals surface area contributed by atoms with E-state index < -0.39 is 47.7 Å². The molecule has 0 saturated heterocycles. The summed E-state index contributed by atoms with van der Waals surface area (Å²) in [7, 11) is 0. The molecular weight excluding hydrogens is 561 g/mol. The van der Waals surface area contributed by atoms with E-state index in [9.17, 15) is 33.0 Å². The van der Waals surface area contributed by atoms with Crippen LogP contribution in [0.25, 0.3) is 0 Å². The molecule has 1 aliphatic heterocycles. The number of aliphatic hydroxyl groups excluding tert-OH is 2. The molecule has 0 spiro atoms. The molecule has 3 fully saturated rings. The van der Waals surface area contributed by atoms with Crippen LogP contribution in [0.3, 0.4) is 0 Å². The molecular formula is C33H37F3N2O5. The van der Waals surface area contributed by atoms with Crippen molar-refractivity contribution in [2.24, 2.45) is 23.2 Å². The third-order valence-electron chi connectivity index (χ3n) is 10.4. The smallest absolute Gasteiger partial charge is 0.416 e. The fraction of sp³-hybridized carbons (Fsp3) is 0.515. The summed E-state index contributed by atoms with van der Waals surface area (Å²) in [5, 5.41) is 23.9. The number of amides is 2. The number of ether oxygens (including phenoxy) is 1. The van der Waals surface area contributed by atoms with E-state index in [1.807, 2.05) is 12.1 Å². The molecule has 4 aliphatic carbocycles. The fourth-order valence-corrected chi connectivity index (χ4v) is 7.93.